The molecule has 0 N–H and O–H groups in total. The van der Waals surface area contributed by atoms with Crippen molar-refractivity contribution in [1.82, 2.24) is 4.90 Å². The first-order valence-electron chi connectivity index (χ1n) is 10.9. The molecule has 174 valence electrons. The molecule has 0 aromatic heterocycles. The van der Waals surface area contributed by atoms with Crippen molar-refractivity contribution >= 4 is 12.4 Å². The highest BCUT2D eigenvalue weighted by Gasteiger charge is 2.47. The van der Waals surface area contributed by atoms with Gasteiger partial charge in [-0.05, 0) is 56.7 Å². The molecule has 0 unspecified atom stereocenters. The van der Waals surface area contributed by atoms with E-state index in [-0.39, 0.29) is 17.9 Å². The number of nitrogens with zero attached hydrogens (tertiary/aromatic N) is 1. The van der Waals surface area contributed by atoms with E-state index in [1.165, 1.54) is 0 Å². The van der Waals surface area contributed by atoms with Gasteiger partial charge in [-0.25, -0.2) is 4.79 Å². The minimum atomic E-state index is -0.652. The maximum Gasteiger partial charge on any atom is 0.411 e. The topological polar surface area (TPSA) is 74.3 Å². The Morgan fingerprint density at radius 2 is 1.90 bits per heavy atom. The number of methoxy groups -OCH3 is 2. The third kappa shape index (κ3) is 6.35. The van der Waals surface area contributed by atoms with Crippen LogP contribution in [-0.2, 0) is 14.3 Å². The van der Waals surface area contributed by atoms with Crippen molar-refractivity contribution in [2.45, 2.75) is 65.1 Å². The summed E-state index contributed by atoms with van der Waals surface area (Å²) in [5.41, 5.74) is 0.247. The van der Waals surface area contributed by atoms with Gasteiger partial charge in [-0.3, -0.25) is 4.90 Å². The van der Waals surface area contributed by atoms with Crippen molar-refractivity contribution in [3.63, 3.8) is 0 Å². The SMILES string of the molecule is COCCCOc1cc([C@H]2[C@H](C(C)C)C[C@@H](C=O)N2C(=O)OC(C)(C)C)ccc1OC. The maximum absolute atomic E-state index is 13.1. The third-order valence-corrected chi connectivity index (χ3v) is 5.47. The lowest BCUT2D eigenvalue weighted by molar-refractivity contribution is -0.112. The zero-order chi connectivity index (χ0) is 23.2. The number of aldehydes is 1. The molecule has 0 radical (unpaired) electrons. The van der Waals surface area contributed by atoms with E-state index in [9.17, 15) is 9.59 Å². The summed E-state index contributed by atoms with van der Waals surface area (Å²) in [6.07, 6.45) is 1.72. The minimum Gasteiger partial charge on any atom is -0.493 e. The van der Waals surface area contributed by atoms with Crippen LogP contribution in [-0.4, -0.2) is 56.4 Å². The number of rotatable bonds is 9. The van der Waals surface area contributed by atoms with Crippen LogP contribution in [0.2, 0.25) is 0 Å². The van der Waals surface area contributed by atoms with E-state index in [1.807, 2.05) is 39.0 Å². The highest BCUT2D eigenvalue weighted by atomic mass is 16.6. The molecule has 0 aliphatic carbocycles. The van der Waals surface area contributed by atoms with Gasteiger partial charge in [-0.2, -0.15) is 0 Å². The van der Waals surface area contributed by atoms with E-state index in [1.54, 1.807) is 19.1 Å². The molecule has 1 aliphatic rings. The molecule has 1 fully saturated rings. The molecule has 1 aliphatic heterocycles. The Morgan fingerprint density at radius 3 is 2.45 bits per heavy atom. The van der Waals surface area contributed by atoms with Crippen LogP contribution >= 0.6 is 0 Å². The third-order valence-electron chi connectivity index (χ3n) is 5.47. The lowest BCUT2D eigenvalue weighted by atomic mass is 9.84. The molecule has 1 saturated heterocycles. The first-order valence-corrected chi connectivity index (χ1v) is 10.9. The van der Waals surface area contributed by atoms with E-state index in [0.717, 1.165) is 18.3 Å². The van der Waals surface area contributed by atoms with Crippen LogP contribution in [0.4, 0.5) is 4.79 Å². The molecule has 2 rings (SSSR count). The summed E-state index contributed by atoms with van der Waals surface area (Å²) in [5.74, 6) is 1.61. The molecule has 0 saturated carbocycles. The normalized spacial score (nSPS) is 21.3. The number of ether oxygens (including phenoxy) is 4. The van der Waals surface area contributed by atoms with Crippen molar-refractivity contribution in [3.05, 3.63) is 23.8 Å². The first-order chi connectivity index (χ1) is 14.6. The summed E-state index contributed by atoms with van der Waals surface area (Å²) in [4.78, 5) is 26.6. The van der Waals surface area contributed by atoms with Crippen LogP contribution in [0, 0.1) is 11.8 Å². The lowest BCUT2D eigenvalue weighted by Gasteiger charge is -2.33. The quantitative estimate of drug-likeness (QED) is 0.416. The van der Waals surface area contributed by atoms with Gasteiger partial charge in [0.1, 0.15) is 11.9 Å². The number of benzene rings is 1. The summed E-state index contributed by atoms with van der Waals surface area (Å²) in [5, 5.41) is 0. The van der Waals surface area contributed by atoms with Crippen LogP contribution in [0.1, 0.15) is 59.1 Å². The second-order valence-electron chi connectivity index (χ2n) is 9.28. The van der Waals surface area contributed by atoms with Gasteiger partial charge in [0.15, 0.2) is 11.5 Å². The summed E-state index contributed by atoms with van der Waals surface area (Å²) < 4.78 is 22.1. The molecule has 1 amide bonds. The van der Waals surface area contributed by atoms with Gasteiger partial charge < -0.3 is 23.7 Å². The molecule has 1 aromatic rings. The van der Waals surface area contributed by atoms with Crippen molar-refractivity contribution in [1.29, 1.82) is 0 Å². The van der Waals surface area contributed by atoms with Gasteiger partial charge in [0.25, 0.3) is 0 Å². The zero-order valence-electron chi connectivity index (χ0n) is 19.8. The Hall–Kier alpha value is -2.28. The van der Waals surface area contributed by atoms with Crippen molar-refractivity contribution in [2.75, 3.05) is 27.4 Å². The average Bonchev–Trinajstić information content (AvgIpc) is 3.10. The Balaban J connectivity index is 2.43. The molecular formula is C24H37NO6. The van der Waals surface area contributed by atoms with E-state index >= 15 is 0 Å². The van der Waals surface area contributed by atoms with E-state index in [0.29, 0.717) is 31.1 Å². The summed E-state index contributed by atoms with van der Waals surface area (Å²) in [7, 11) is 3.25. The maximum atomic E-state index is 13.1. The Kier molecular flexibility index (Phi) is 8.74. The Bertz CT molecular complexity index is 742. The molecule has 1 aromatic carbocycles. The van der Waals surface area contributed by atoms with Gasteiger partial charge >= 0.3 is 6.09 Å². The fourth-order valence-electron chi connectivity index (χ4n) is 4.04. The summed E-state index contributed by atoms with van der Waals surface area (Å²) in [6.45, 7) is 10.8. The Labute approximate surface area is 186 Å². The van der Waals surface area contributed by atoms with Crippen molar-refractivity contribution in [2.24, 2.45) is 11.8 Å². The highest BCUT2D eigenvalue weighted by Crippen LogP contribution is 2.46. The van der Waals surface area contributed by atoms with E-state index < -0.39 is 17.7 Å². The van der Waals surface area contributed by atoms with Crippen LogP contribution in [0.3, 0.4) is 0 Å². The second kappa shape index (κ2) is 10.8. The predicted octanol–water partition coefficient (Wildman–Crippen LogP) is 4.63. The van der Waals surface area contributed by atoms with E-state index in [4.69, 9.17) is 18.9 Å². The molecular weight excluding hydrogens is 398 g/mol. The summed E-state index contributed by atoms with van der Waals surface area (Å²) in [6, 6.07) is 4.87. The average molecular weight is 436 g/mol. The number of likely N-dealkylation sites (tertiary alicyclic amines) is 1. The van der Waals surface area contributed by atoms with Crippen molar-refractivity contribution in [3.8, 4) is 11.5 Å². The smallest absolute Gasteiger partial charge is 0.411 e. The van der Waals surface area contributed by atoms with E-state index in [2.05, 4.69) is 13.8 Å². The fraction of sp³-hybridized carbons (Fsp3) is 0.667. The van der Waals surface area contributed by atoms with Crippen LogP contribution < -0.4 is 9.47 Å². The highest BCUT2D eigenvalue weighted by molar-refractivity contribution is 5.75. The number of hydrogen-bond donors (Lipinski definition) is 0. The molecule has 0 spiro atoms. The zero-order valence-corrected chi connectivity index (χ0v) is 19.8. The monoisotopic (exact) mass is 435 g/mol. The van der Waals surface area contributed by atoms with Crippen LogP contribution in [0.5, 0.6) is 11.5 Å². The van der Waals surface area contributed by atoms with Crippen LogP contribution in [0.25, 0.3) is 0 Å². The largest absolute Gasteiger partial charge is 0.493 e. The van der Waals surface area contributed by atoms with Gasteiger partial charge in [-0.15, -0.1) is 0 Å². The molecule has 1 heterocycles. The van der Waals surface area contributed by atoms with Gasteiger partial charge in [-0.1, -0.05) is 19.9 Å². The lowest BCUT2D eigenvalue weighted by Crippen LogP contribution is -2.42. The number of carbonyl (C=O) groups is 2. The van der Waals surface area contributed by atoms with Crippen molar-refractivity contribution < 1.29 is 28.5 Å². The molecule has 31 heavy (non-hydrogen) atoms. The Morgan fingerprint density at radius 1 is 1.19 bits per heavy atom. The number of carbonyl (C=O) groups excluding carboxylic acids is 2. The minimum absolute atomic E-state index is 0.109. The van der Waals surface area contributed by atoms with Crippen LogP contribution in [0.15, 0.2) is 18.2 Å². The van der Waals surface area contributed by atoms with Gasteiger partial charge in [0.05, 0.1) is 25.8 Å². The summed E-state index contributed by atoms with van der Waals surface area (Å²) >= 11 is 0. The number of hydrogen-bond acceptors (Lipinski definition) is 6. The fourth-order valence-corrected chi connectivity index (χ4v) is 4.04. The predicted molar refractivity (Wildman–Crippen MR) is 119 cm³/mol. The second-order valence-corrected chi connectivity index (χ2v) is 9.28. The molecule has 7 nitrogen and oxygen atoms in total. The van der Waals surface area contributed by atoms with Gasteiger partial charge in [0, 0.05) is 20.1 Å². The molecule has 0 bridgehead atoms. The molecule has 7 heteroatoms. The first kappa shape index (κ1) is 25.0. The molecule has 3 atom stereocenters. The standard InChI is InChI=1S/C24H37NO6/c1-16(2)19-14-18(15-26)25(23(27)31-24(3,4)5)22(19)17-9-10-20(29-7)21(13-17)30-12-8-11-28-6/h9-10,13,15-16,18-19,22H,8,11-12,14H2,1-7H3/t18-,19-,22-/m0/s1. The number of amides is 1. The van der Waals surface area contributed by atoms with Gasteiger partial charge in [0.2, 0.25) is 0 Å².